The lowest BCUT2D eigenvalue weighted by atomic mass is 10.0. The van der Waals surface area contributed by atoms with Gasteiger partial charge in [0, 0.05) is 29.3 Å². The van der Waals surface area contributed by atoms with Crippen LogP contribution in [0.25, 0.3) is 11.1 Å². The van der Waals surface area contributed by atoms with Crippen LogP contribution in [0.15, 0.2) is 42.6 Å². The molecule has 0 spiro atoms. The number of aromatic nitrogens is 2. The highest BCUT2D eigenvalue weighted by Gasteiger charge is 2.21. The minimum absolute atomic E-state index is 0.0226. The molecule has 6 heteroatoms. The standard InChI is InChI=1S/C23H21F3N2O/c1-14-6-7-20(25)18(10-14)19-11-16(24)12-21(26)22(19)29-13-17-8-9-27-23(28-17)15-4-2-3-5-15/h6-12,15H,2-5,13H2,1H3. The highest BCUT2D eigenvalue weighted by Crippen LogP contribution is 2.36. The predicted molar refractivity (Wildman–Crippen MR) is 104 cm³/mol. The monoisotopic (exact) mass is 398 g/mol. The zero-order valence-electron chi connectivity index (χ0n) is 16.1. The molecule has 2 aromatic carbocycles. The molecule has 4 rings (SSSR count). The lowest BCUT2D eigenvalue weighted by Gasteiger charge is -2.15. The number of halogens is 3. The van der Waals surface area contributed by atoms with E-state index in [-0.39, 0.29) is 23.5 Å². The first-order valence-corrected chi connectivity index (χ1v) is 9.71. The van der Waals surface area contributed by atoms with Crippen molar-refractivity contribution in [1.82, 2.24) is 9.97 Å². The summed E-state index contributed by atoms with van der Waals surface area (Å²) in [7, 11) is 0. The molecule has 1 saturated carbocycles. The van der Waals surface area contributed by atoms with Gasteiger partial charge in [0.2, 0.25) is 0 Å². The van der Waals surface area contributed by atoms with Crippen LogP contribution in [-0.4, -0.2) is 9.97 Å². The zero-order chi connectivity index (χ0) is 20.4. The number of ether oxygens (including phenoxy) is 1. The fourth-order valence-electron chi connectivity index (χ4n) is 3.77. The summed E-state index contributed by atoms with van der Waals surface area (Å²) in [6.07, 6.45) is 6.13. The van der Waals surface area contributed by atoms with Crippen molar-refractivity contribution in [3.63, 3.8) is 0 Å². The largest absolute Gasteiger partial charge is 0.484 e. The van der Waals surface area contributed by atoms with Crippen LogP contribution in [0.4, 0.5) is 13.2 Å². The van der Waals surface area contributed by atoms with Gasteiger partial charge in [0.15, 0.2) is 11.6 Å². The van der Waals surface area contributed by atoms with Gasteiger partial charge in [-0.25, -0.2) is 23.1 Å². The Morgan fingerprint density at radius 1 is 0.966 bits per heavy atom. The Hall–Kier alpha value is -2.89. The van der Waals surface area contributed by atoms with Gasteiger partial charge >= 0.3 is 0 Å². The Morgan fingerprint density at radius 2 is 1.76 bits per heavy atom. The molecule has 0 radical (unpaired) electrons. The van der Waals surface area contributed by atoms with E-state index in [4.69, 9.17) is 4.74 Å². The molecule has 0 bridgehead atoms. The van der Waals surface area contributed by atoms with Crippen molar-refractivity contribution in [1.29, 1.82) is 0 Å². The summed E-state index contributed by atoms with van der Waals surface area (Å²) in [6, 6.07) is 7.93. The van der Waals surface area contributed by atoms with E-state index in [0.717, 1.165) is 36.4 Å². The number of rotatable bonds is 5. The van der Waals surface area contributed by atoms with E-state index < -0.39 is 17.5 Å². The maximum atomic E-state index is 14.5. The molecule has 0 unspecified atom stereocenters. The molecule has 0 aliphatic heterocycles. The van der Waals surface area contributed by atoms with Crippen molar-refractivity contribution in [2.45, 2.75) is 45.1 Å². The topological polar surface area (TPSA) is 35.0 Å². The molecular weight excluding hydrogens is 377 g/mol. The van der Waals surface area contributed by atoms with Crippen molar-refractivity contribution in [3.05, 3.63) is 77.1 Å². The average Bonchev–Trinajstić information content (AvgIpc) is 3.24. The first-order chi connectivity index (χ1) is 14.0. The maximum absolute atomic E-state index is 14.5. The fraction of sp³-hybridized carbons (Fsp3) is 0.304. The SMILES string of the molecule is Cc1ccc(F)c(-c2cc(F)cc(F)c2OCc2ccnc(C3CCCC3)n2)c1. The zero-order valence-corrected chi connectivity index (χ0v) is 16.1. The number of nitrogens with zero attached hydrogens (tertiary/aromatic N) is 2. The van der Waals surface area contributed by atoms with E-state index in [2.05, 4.69) is 9.97 Å². The van der Waals surface area contributed by atoms with Crippen molar-refractivity contribution in [2.75, 3.05) is 0 Å². The Labute approximate surface area is 167 Å². The highest BCUT2D eigenvalue weighted by atomic mass is 19.1. The summed E-state index contributed by atoms with van der Waals surface area (Å²) < 4.78 is 48.5. The molecule has 29 heavy (non-hydrogen) atoms. The summed E-state index contributed by atoms with van der Waals surface area (Å²) in [6.45, 7) is 1.76. The van der Waals surface area contributed by atoms with Gasteiger partial charge in [-0.2, -0.15) is 0 Å². The van der Waals surface area contributed by atoms with Crippen LogP contribution in [0, 0.1) is 24.4 Å². The minimum atomic E-state index is -0.883. The average molecular weight is 398 g/mol. The molecule has 0 amide bonds. The van der Waals surface area contributed by atoms with Gasteiger partial charge in [-0.15, -0.1) is 0 Å². The Morgan fingerprint density at radius 3 is 2.55 bits per heavy atom. The normalized spacial score (nSPS) is 14.3. The van der Waals surface area contributed by atoms with E-state index in [1.807, 2.05) is 0 Å². The first kappa shape index (κ1) is 19.4. The van der Waals surface area contributed by atoms with Crippen LogP contribution in [0.1, 0.15) is 48.7 Å². The summed E-state index contributed by atoms with van der Waals surface area (Å²) >= 11 is 0. The van der Waals surface area contributed by atoms with E-state index in [1.54, 1.807) is 31.3 Å². The second-order valence-corrected chi connectivity index (χ2v) is 7.42. The van der Waals surface area contributed by atoms with Gasteiger partial charge in [0.05, 0.1) is 5.69 Å². The summed E-state index contributed by atoms with van der Waals surface area (Å²) in [5.74, 6) is -1.34. The summed E-state index contributed by atoms with van der Waals surface area (Å²) in [5.41, 5.74) is 1.50. The molecule has 1 aliphatic rings. The Kier molecular flexibility index (Phi) is 5.51. The molecule has 3 nitrogen and oxygen atoms in total. The molecule has 0 N–H and O–H groups in total. The van der Waals surface area contributed by atoms with E-state index in [0.29, 0.717) is 11.6 Å². The van der Waals surface area contributed by atoms with Crippen molar-refractivity contribution >= 4 is 0 Å². The van der Waals surface area contributed by atoms with Gasteiger partial charge < -0.3 is 4.74 Å². The Balaban J connectivity index is 1.64. The quantitative estimate of drug-likeness (QED) is 0.520. The first-order valence-electron chi connectivity index (χ1n) is 9.71. The van der Waals surface area contributed by atoms with Crippen LogP contribution >= 0.6 is 0 Å². The number of hydrogen-bond donors (Lipinski definition) is 0. The van der Waals surface area contributed by atoms with E-state index in [9.17, 15) is 13.2 Å². The van der Waals surface area contributed by atoms with Crippen molar-refractivity contribution < 1.29 is 17.9 Å². The van der Waals surface area contributed by atoms with Gasteiger partial charge in [-0.05, 0) is 44.0 Å². The fourth-order valence-corrected chi connectivity index (χ4v) is 3.77. The molecule has 1 heterocycles. The van der Waals surface area contributed by atoms with Crippen molar-refractivity contribution in [2.24, 2.45) is 0 Å². The third-order valence-electron chi connectivity index (χ3n) is 5.24. The van der Waals surface area contributed by atoms with Crippen LogP contribution in [0.2, 0.25) is 0 Å². The van der Waals surface area contributed by atoms with Crippen LogP contribution < -0.4 is 4.74 Å². The van der Waals surface area contributed by atoms with Crippen LogP contribution in [0.3, 0.4) is 0 Å². The number of benzene rings is 2. The number of aryl methyl sites for hydroxylation is 1. The molecule has 1 aliphatic carbocycles. The third-order valence-corrected chi connectivity index (χ3v) is 5.24. The van der Waals surface area contributed by atoms with Crippen LogP contribution in [-0.2, 0) is 6.61 Å². The van der Waals surface area contributed by atoms with Crippen molar-refractivity contribution in [3.8, 4) is 16.9 Å². The van der Waals surface area contributed by atoms with Gasteiger partial charge in [-0.3, -0.25) is 0 Å². The second kappa shape index (κ2) is 8.23. The molecule has 0 atom stereocenters. The molecule has 0 saturated heterocycles. The minimum Gasteiger partial charge on any atom is -0.484 e. The number of hydrogen-bond acceptors (Lipinski definition) is 3. The van der Waals surface area contributed by atoms with Gasteiger partial charge in [0.25, 0.3) is 0 Å². The van der Waals surface area contributed by atoms with E-state index >= 15 is 0 Å². The molecule has 1 aromatic heterocycles. The Bertz CT molecular complexity index is 1030. The molecular formula is C23H21F3N2O. The predicted octanol–water partition coefficient (Wildman–Crippen LogP) is 6.11. The van der Waals surface area contributed by atoms with E-state index in [1.165, 1.54) is 18.9 Å². The molecule has 3 aromatic rings. The molecule has 150 valence electrons. The second-order valence-electron chi connectivity index (χ2n) is 7.42. The molecule has 1 fully saturated rings. The summed E-state index contributed by atoms with van der Waals surface area (Å²) in [4.78, 5) is 8.90. The van der Waals surface area contributed by atoms with Gasteiger partial charge in [-0.1, -0.05) is 24.5 Å². The van der Waals surface area contributed by atoms with Gasteiger partial charge in [0.1, 0.15) is 24.1 Å². The summed E-state index contributed by atoms with van der Waals surface area (Å²) in [5, 5.41) is 0. The lowest BCUT2D eigenvalue weighted by molar-refractivity contribution is 0.285. The lowest BCUT2D eigenvalue weighted by Crippen LogP contribution is -2.07. The highest BCUT2D eigenvalue weighted by molar-refractivity contribution is 5.72. The maximum Gasteiger partial charge on any atom is 0.168 e. The van der Waals surface area contributed by atoms with Crippen LogP contribution in [0.5, 0.6) is 5.75 Å². The third kappa shape index (κ3) is 4.26. The smallest absolute Gasteiger partial charge is 0.168 e.